The van der Waals surface area contributed by atoms with Crippen molar-refractivity contribution in [3.05, 3.63) is 12.2 Å². The second-order valence-corrected chi connectivity index (χ2v) is 4.15. The van der Waals surface area contributed by atoms with Gasteiger partial charge in [0.05, 0.1) is 6.61 Å². The molecule has 1 unspecified atom stereocenters. The fraction of sp³-hybridized carbons (Fsp3) is 0.727. The van der Waals surface area contributed by atoms with Gasteiger partial charge in [0, 0.05) is 11.7 Å². The summed E-state index contributed by atoms with van der Waals surface area (Å²) in [6.07, 6.45) is 4.47. The van der Waals surface area contributed by atoms with Crippen LogP contribution in [-0.4, -0.2) is 29.2 Å². The van der Waals surface area contributed by atoms with E-state index in [4.69, 9.17) is 9.16 Å². The Morgan fingerprint density at radius 3 is 2.60 bits per heavy atom. The molecule has 0 aromatic heterocycles. The maximum absolute atomic E-state index is 11.0. The molecule has 0 spiro atoms. The van der Waals surface area contributed by atoms with Crippen LogP contribution in [0.1, 0.15) is 39.5 Å². The van der Waals surface area contributed by atoms with Gasteiger partial charge in [-0.1, -0.05) is 13.5 Å². The topological polar surface area (TPSA) is 35.5 Å². The summed E-state index contributed by atoms with van der Waals surface area (Å²) in [7, 11) is 0.799. The van der Waals surface area contributed by atoms with Crippen molar-refractivity contribution in [3.8, 4) is 0 Å². The van der Waals surface area contributed by atoms with Gasteiger partial charge in [0.2, 0.25) is 0 Å². The third-order valence-corrected chi connectivity index (χ3v) is 2.96. The number of hydrogen-bond acceptors (Lipinski definition) is 3. The Morgan fingerprint density at radius 2 is 2.13 bits per heavy atom. The van der Waals surface area contributed by atoms with Crippen LogP contribution >= 0.6 is 0 Å². The van der Waals surface area contributed by atoms with E-state index in [9.17, 15) is 4.79 Å². The molecule has 0 saturated carbocycles. The van der Waals surface area contributed by atoms with Gasteiger partial charge in [0.15, 0.2) is 0 Å². The van der Waals surface area contributed by atoms with Crippen molar-refractivity contribution in [3.63, 3.8) is 0 Å². The lowest BCUT2D eigenvalue weighted by atomic mass is 10.1. The molecule has 0 aliphatic carbocycles. The van der Waals surface area contributed by atoms with Gasteiger partial charge in [-0.2, -0.15) is 0 Å². The van der Waals surface area contributed by atoms with Crippen LogP contribution in [0.2, 0.25) is 0 Å². The Bertz CT molecular complexity index is 200. The Kier molecular flexibility index (Phi) is 8.32. The van der Waals surface area contributed by atoms with Crippen LogP contribution in [0.5, 0.6) is 0 Å². The summed E-state index contributed by atoms with van der Waals surface area (Å²) in [6.45, 7) is 7.79. The average molecular weight is 230 g/mol. The Labute approximate surface area is 95.4 Å². The summed E-state index contributed by atoms with van der Waals surface area (Å²) < 4.78 is 10.4. The summed E-state index contributed by atoms with van der Waals surface area (Å²) in [5, 5.41) is 0. The van der Waals surface area contributed by atoms with E-state index in [0.29, 0.717) is 18.3 Å². The quantitative estimate of drug-likeness (QED) is 0.273. The first-order valence-electron chi connectivity index (χ1n) is 5.47. The predicted molar refractivity (Wildman–Crippen MR) is 64.7 cm³/mol. The van der Waals surface area contributed by atoms with E-state index in [1.807, 2.05) is 0 Å². The van der Waals surface area contributed by atoms with Crippen molar-refractivity contribution in [2.75, 3.05) is 6.61 Å². The zero-order valence-corrected chi connectivity index (χ0v) is 12.0. The van der Waals surface area contributed by atoms with E-state index in [2.05, 4.69) is 13.5 Å². The minimum Gasteiger partial charge on any atom is -0.462 e. The lowest BCUT2D eigenvalue weighted by Crippen LogP contribution is -2.11. The second-order valence-electron chi connectivity index (χ2n) is 3.68. The normalized spacial score (nSPS) is 12.4. The largest absolute Gasteiger partial charge is 0.462 e. The third-order valence-electron chi connectivity index (χ3n) is 2.29. The SMILES string of the molecule is C=C(C)C(=O)OCCCCC(CC)O[SiH3]. The molecule has 0 aliphatic rings. The van der Waals surface area contributed by atoms with E-state index in [1.165, 1.54) is 0 Å². The maximum atomic E-state index is 11.0. The van der Waals surface area contributed by atoms with Crippen molar-refractivity contribution in [1.29, 1.82) is 0 Å². The molecule has 0 amide bonds. The number of carbonyl (C=O) groups is 1. The van der Waals surface area contributed by atoms with Gasteiger partial charge in [0.1, 0.15) is 10.5 Å². The van der Waals surface area contributed by atoms with Gasteiger partial charge in [-0.3, -0.25) is 0 Å². The van der Waals surface area contributed by atoms with Crippen molar-refractivity contribution < 1.29 is 14.0 Å². The van der Waals surface area contributed by atoms with Gasteiger partial charge in [-0.05, 0) is 32.6 Å². The predicted octanol–water partition coefficient (Wildman–Crippen LogP) is 1.35. The van der Waals surface area contributed by atoms with E-state index < -0.39 is 0 Å². The molecule has 3 nitrogen and oxygen atoms in total. The fourth-order valence-electron chi connectivity index (χ4n) is 1.25. The highest BCUT2D eigenvalue weighted by molar-refractivity contribution is 5.98. The van der Waals surface area contributed by atoms with Crippen molar-refractivity contribution in [1.82, 2.24) is 0 Å². The summed E-state index contributed by atoms with van der Waals surface area (Å²) in [5.74, 6) is -0.291. The molecule has 0 bridgehead atoms. The van der Waals surface area contributed by atoms with E-state index >= 15 is 0 Å². The molecule has 0 aromatic rings. The molecule has 0 aliphatic heterocycles. The molecular formula is C11H22O3Si. The fourth-order valence-corrected chi connectivity index (χ4v) is 1.82. The minimum absolute atomic E-state index is 0.291. The number of hydrogen-bond donors (Lipinski definition) is 0. The Balaban J connectivity index is 3.39. The molecular weight excluding hydrogens is 208 g/mol. The number of rotatable bonds is 8. The van der Waals surface area contributed by atoms with Gasteiger partial charge < -0.3 is 9.16 Å². The average Bonchev–Trinajstić information content (AvgIpc) is 2.23. The standard InChI is InChI=1S/C11H22O3Si/c1-4-10(14-15)7-5-6-8-13-11(12)9(2)3/h10H,2,4-8H2,1,3,15H3. The second kappa shape index (κ2) is 8.68. The highest BCUT2D eigenvalue weighted by Gasteiger charge is 2.04. The maximum Gasteiger partial charge on any atom is 0.333 e. The molecule has 0 N–H and O–H groups in total. The summed E-state index contributed by atoms with van der Waals surface area (Å²) in [4.78, 5) is 11.0. The van der Waals surface area contributed by atoms with Gasteiger partial charge >= 0.3 is 5.97 Å². The van der Waals surface area contributed by atoms with Gasteiger partial charge in [-0.25, -0.2) is 4.79 Å². The number of carbonyl (C=O) groups excluding carboxylic acids is 1. The van der Waals surface area contributed by atoms with Crippen LogP contribution in [0, 0.1) is 0 Å². The monoisotopic (exact) mass is 230 g/mol. The van der Waals surface area contributed by atoms with E-state index in [-0.39, 0.29) is 5.97 Å². The van der Waals surface area contributed by atoms with Crippen molar-refractivity contribution in [2.45, 2.75) is 45.6 Å². The van der Waals surface area contributed by atoms with Crippen LogP contribution in [0.15, 0.2) is 12.2 Å². The van der Waals surface area contributed by atoms with Gasteiger partial charge in [-0.15, -0.1) is 0 Å². The molecule has 15 heavy (non-hydrogen) atoms. The van der Waals surface area contributed by atoms with Crippen LogP contribution < -0.4 is 0 Å². The molecule has 0 heterocycles. The van der Waals surface area contributed by atoms with Crippen LogP contribution in [0.4, 0.5) is 0 Å². The molecule has 0 saturated heterocycles. The first kappa shape index (κ1) is 14.4. The smallest absolute Gasteiger partial charge is 0.333 e. The lowest BCUT2D eigenvalue weighted by Gasteiger charge is -2.12. The van der Waals surface area contributed by atoms with Crippen molar-refractivity contribution in [2.24, 2.45) is 0 Å². The zero-order chi connectivity index (χ0) is 11.7. The summed E-state index contributed by atoms with van der Waals surface area (Å²) in [6, 6.07) is 0. The lowest BCUT2D eigenvalue weighted by molar-refractivity contribution is -0.139. The number of ether oxygens (including phenoxy) is 1. The van der Waals surface area contributed by atoms with Crippen LogP contribution in [0.3, 0.4) is 0 Å². The summed E-state index contributed by atoms with van der Waals surface area (Å²) >= 11 is 0. The molecule has 1 atom stereocenters. The third kappa shape index (κ3) is 7.33. The molecule has 0 fully saturated rings. The molecule has 0 rings (SSSR count). The van der Waals surface area contributed by atoms with E-state index in [0.717, 1.165) is 36.2 Å². The van der Waals surface area contributed by atoms with Gasteiger partial charge in [0.25, 0.3) is 0 Å². The van der Waals surface area contributed by atoms with Crippen molar-refractivity contribution >= 4 is 16.5 Å². The Hall–Kier alpha value is -0.613. The minimum atomic E-state index is -0.291. The molecule has 0 aromatic carbocycles. The number of unbranched alkanes of at least 4 members (excludes halogenated alkanes) is 1. The molecule has 0 radical (unpaired) electrons. The highest BCUT2D eigenvalue weighted by Crippen LogP contribution is 2.07. The molecule has 88 valence electrons. The van der Waals surface area contributed by atoms with E-state index in [1.54, 1.807) is 6.92 Å². The number of esters is 1. The van der Waals surface area contributed by atoms with Crippen LogP contribution in [-0.2, 0) is 14.0 Å². The zero-order valence-electron chi connectivity index (χ0n) is 10.0. The first-order valence-corrected chi connectivity index (χ1v) is 6.28. The van der Waals surface area contributed by atoms with Crippen LogP contribution in [0.25, 0.3) is 0 Å². The first-order chi connectivity index (χ1) is 7.11. The highest BCUT2D eigenvalue weighted by atomic mass is 28.2. The summed E-state index contributed by atoms with van der Waals surface area (Å²) in [5.41, 5.74) is 0.462. The molecule has 4 heteroatoms. The Morgan fingerprint density at radius 1 is 1.47 bits per heavy atom.